The highest BCUT2D eigenvalue weighted by atomic mass is 16.5. The van der Waals surface area contributed by atoms with E-state index in [2.05, 4.69) is 21.2 Å². The summed E-state index contributed by atoms with van der Waals surface area (Å²) < 4.78 is 10.5. The Morgan fingerprint density at radius 1 is 1.42 bits per heavy atom. The van der Waals surface area contributed by atoms with E-state index in [1.807, 2.05) is 6.07 Å². The molecule has 2 heterocycles. The van der Waals surface area contributed by atoms with E-state index in [1.165, 1.54) is 5.56 Å². The van der Waals surface area contributed by atoms with Crippen molar-refractivity contribution in [2.24, 2.45) is 0 Å². The third-order valence-electron chi connectivity index (χ3n) is 3.12. The predicted octanol–water partition coefficient (Wildman–Crippen LogP) is 0.774. The lowest BCUT2D eigenvalue weighted by atomic mass is 10.1. The summed E-state index contributed by atoms with van der Waals surface area (Å²) in [7, 11) is 1.60. The van der Waals surface area contributed by atoms with Gasteiger partial charge in [0, 0.05) is 32.1 Å². The maximum absolute atomic E-state index is 8.41. The molecule has 0 bridgehead atoms. The number of nitrogens with zero attached hydrogens (tertiary/aromatic N) is 4. The highest BCUT2D eigenvalue weighted by Gasteiger charge is 2.18. The summed E-state index contributed by atoms with van der Waals surface area (Å²) >= 11 is 0. The third kappa shape index (κ3) is 3.88. The lowest BCUT2D eigenvalue weighted by molar-refractivity contribution is 0.102. The minimum Gasteiger partial charge on any atom is -0.480 e. The van der Waals surface area contributed by atoms with Crippen LogP contribution in [0.2, 0.25) is 0 Å². The molecule has 0 amide bonds. The lowest BCUT2D eigenvalue weighted by Gasteiger charge is -2.27. The summed E-state index contributed by atoms with van der Waals surface area (Å²) in [6, 6.07) is 4.01. The van der Waals surface area contributed by atoms with Crippen molar-refractivity contribution < 1.29 is 9.47 Å². The van der Waals surface area contributed by atoms with E-state index in [4.69, 9.17) is 14.7 Å². The summed E-state index contributed by atoms with van der Waals surface area (Å²) in [6.07, 6.45) is 1.36. The van der Waals surface area contributed by atoms with Crippen molar-refractivity contribution in [3.63, 3.8) is 0 Å². The van der Waals surface area contributed by atoms with Crippen LogP contribution >= 0.6 is 0 Å². The second-order valence-corrected chi connectivity index (χ2v) is 4.41. The molecule has 0 saturated heterocycles. The van der Waals surface area contributed by atoms with Crippen molar-refractivity contribution in [3.8, 4) is 11.9 Å². The topological polar surface area (TPSA) is 71.3 Å². The fourth-order valence-corrected chi connectivity index (χ4v) is 2.07. The van der Waals surface area contributed by atoms with Crippen LogP contribution in [0.25, 0.3) is 0 Å². The molecule has 0 fully saturated rings. The Balaban J connectivity index is 1.82. The Kier molecular flexibility index (Phi) is 5.07. The first-order valence-electron chi connectivity index (χ1n) is 6.40. The standard InChI is InChI=1S/C13H18N4O2/c1-18-13-9-11-10-17(5-3-12(11)15-16-13)6-8-19-7-2-4-14/h9H,2-3,5-8,10H2,1H3. The Morgan fingerprint density at radius 3 is 3.11 bits per heavy atom. The number of hydrogen-bond donors (Lipinski definition) is 0. The van der Waals surface area contributed by atoms with E-state index in [0.717, 1.165) is 31.7 Å². The molecule has 0 spiro atoms. The maximum atomic E-state index is 8.41. The van der Waals surface area contributed by atoms with E-state index in [0.29, 0.717) is 25.5 Å². The smallest absolute Gasteiger partial charge is 0.233 e. The van der Waals surface area contributed by atoms with Crippen LogP contribution in [0, 0.1) is 11.3 Å². The van der Waals surface area contributed by atoms with Gasteiger partial charge in [0.25, 0.3) is 0 Å². The minimum atomic E-state index is 0.454. The molecule has 0 atom stereocenters. The van der Waals surface area contributed by atoms with Crippen LogP contribution in [0.3, 0.4) is 0 Å². The molecule has 0 unspecified atom stereocenters. The van der Waals surface area contributed by atoms with Gasteiger partial charge in [0.1, 0.15) is 0 Å². The van der Waals surface area contributed by atoms with Gasteiger partial charge in [-0.25, -0.2) is 0 Å². The molecule has 0 aliphatic carbocycles. The maximum Gasteiger partial charge on any atom is 0.233 e. The van der Waals surface area contributed by atoms with Gasteiger partial charge in [0.15, 0.2) is 0 Å². The van der Waals surface area contributed by atoms with Gasteiger partial charge in [-0.15, -0.1) is 5.10 Å². The highest BCUT2D eigenvalue weighted by Crippen LogP contribution is 2.19. The quantitative estimate of drug-likeness (QED) is 0.705. The molecular weight excluding hydrogens is 244 g/mol. The molecule has 102 valence electrons. The first-order chi connectivity index (χ1) is 9.33. The van der Waals surface area contributed by atoms with Crippen LogP contribution < -0.4 is 4.74 Å². The minimum absolute atomic E-state index is 0.454. The van der Waals surface area contributed by atoms with Crippen LogP contribution in [0.4, 0.5) is 0 Å². The number of nitriles is 1. The summed E-state index contributed by atoms with van der Waals surface area (Å²) in [5.41, 5.74) is 2.23. The molecule has 0 saturated carbocycles. The zero-order valence-electron chi connectivity index (χ0n) is 11.1. The molecule has 6 nitrogen and oxygen atoms in total. The molecule has 2 rings (SSSR count). The summed E-state index contributed by atoms with van der Waals surface area (Å²) in [5.74, 6) is 0.561. The molecule has 1 aromatic rings. The Bertz CT molecular complexity index is 458. The van der Waals surface area contributed by atoms with E-state index in [1.54, 1.807) is 7.11 Å². The van der Waals surface area contributed by atoms with Gasteiger partial charge in [-0.1, -0.05) is 0 Å². The SMILES string of the molecule is COc1cc2c(nn1)CCN(CCOCCC#N)C2. The van der Waals surface area contributed by atoms with Crippen molar-refractivity contribution in [1.82, 2.24) is 15.1 Å². The van der Waals surface area contributed by atoms with Crippen LogP contribution in [0.5, 0.6) is 5.88 Å². The van der Waals surface area contributed by atoms with Gasteiger partial charge in [-0.2, -0.15) is 10.4 Å². The van der Waals surface area contributed by atoms with E-state index in [9.17, 15) is 0 Å². The number of rotatable bonds is 6. The molecule has 1 aromatic heterocycles. The largest absolute Gasteiger partial charge is 0.480 e. The van der Waals surface area contributed by atoms with Crippen LogP contribution in [0.15, 0.2) is 6.07 Å². The summed E-state index contributed by atoms with van der Waals surface area (Å²) in [5, 5.41) is 16.6. The van der Waals surface area contributed by atoms with Crippen LogP contribution in [-0.2, 0) is 17.7 Å². The molecule has 0 aromatic carbocycles. The monoisotopic (exact) mass is 262 g/mol. The van der Waals surface area contributed by atoms with Crippen molar-refractivity contribution >= 4 is 0 Å². The van der Waals surface area contributed by atoms with Gasteiger partial charge in [-0.05, 0) is 5.56 Å². The van der Waals surface area contributed by atoms with E-state index >= 15 is 0 Å². The van der Waals surface area contributed by atoms with Crippen molar-refractivity contribution in [1.29, 1.82) is 5.26 Å². The average molecular weight is 262 g/mol. The first-order valence-corrected chi connectivity index (χ1v) is 6.40. The normalized spacial score (nSPS) is 14.7. The number of hydrogen-bond acceptors (Lipinski definition) is 6. The van der Waals surface area contributed by atoms with Gasteiger partial charge in [0.2, 0.25) is 5.88 Å². The van der Waals surface area contributed by atoms with Crippen LogP contribution in [-0.4, -0.2) is 48.5 Å². The summed E-state index contributed by atoms with van der Waals surface area (Å²) in [4.78, 5) is 2.32. The van der Waals surface area contributed by atoms with Gasteiger partial charge < -0.3 is 9.47 Å². The van der Waals surface area contributed by atoms with Gasteiger partial charge in [-0.3, -0.25) is 4.90 Å². The molecule has 0 N–H and O–H groups in total. The number of ether oxygens (including phenoxy) is 2. The van der Waals surface area contributed by atoms with Crippen LogP contribution in [0.1, 0.15) is 17.7 Å². The zero-order valence-corrected chi connectivity index (χ0v) is 11.1. The second-order valence-electron chi connectivity index (χ2n) is 4.41. The van der Waals surface area contributed by atoms with Crippen molar-refractivity contribution in [2.75, 3.05) is 33.4 Å². The average Bonchev–Trinajstić information content (AvgIpc) is 2.46. The fourth-order valence-electron chi connectivity index (χ4n) is 2.07. The lowest BCUT2D eigenvalue weighted by Crippen LogP contribution is -2.34. The Hall–Kier alpha value is -1.71. The van der Waals surface area contributed by atoms with E-state index in [-0.39, 0.29) is 0 Å². The first kappa shape index (κ1) is 13.7. The molecule has 19 heavy (non-hydrogen) atoms. The molecule has 1 aliphatic rings. The van der Waals surface area contributed by atoms with Gasteiger partial charge >= 0.3 is 0 Å². The fraction of sp³-hybridized carbons (Fsp3) is 0.615. The second kappa shape index (κ2) is 7.02. The highest BCUT2D eigenvalue weighted by molar-refractivity contribution is 5.26. The van der Waals surface area contributed by atoms with Crippen molar-refractivity contribution in [3.05, 3.63) is 17.3 Å². The third-order valence-corrected chi connectivity index (χ3v) is 3.12. The molecular formula is C13H18N4O2. The number of aromatic nitrogens is 2. The predicted molar refractivity (Wildman–Crippen MR) is 68.6 cm³/mol. The van der Waals surface area contributed by atoms with Crippen molar-refractivity contribution in [2.45, 2.75) is 19.4 Å². The molecule has 1 aliphatic heterocycles. The summed E-state index contributed by atoms with van der Waals surface area (Å²) in [6.45, 7) is 3.86. The Labute approximate surface area is 112 Å². The molecule has 6 heteroatoms. The number of fused-ring (bicyclic) bond motifs is 1. The van der Waals surface area contributed by atoms with Gasteiger partial charge in [0.05, 0.1) is 38.5 Å². The number of methoxy groups -OCH3 is 1. The van der Waals surface area contributed by atoms with E-state index < -0.39 is 0 Å². The zero-order chi connectivity index (χ0) is 13.5. The molecule has 0 radical (unpaired) electrons. The Morgan fingerprint density at radius 2 is 2.32 bits per heavy atom.